The Labute approximate surface area is 130 Å². The summed E-state index contributed by atoms with van der Waals surface area (Å²) in [5.41, 5.74) is 0. The van der Waals surface area contributed by atoms with Crippen LogP contribution in [0.2, 0.25) is 0 Å². The largest absolute Gasteiger partial charge is 0.458 e. The van der Waals surface area contributed by atoms with E-state index in [1.54, 1.807) is 0 Å². The van der Waals surface area contributed by atoms with Gasteiger partial charge in [0.05, 0.1) is 6.61 Å². The number of cyclic esters (lactones) is 1. The van der Waals surface area contributed by atoms with Gasteiger partial charge in [-0.3, -0.25) is 4.79 Å². The van der Waals surface area contributed by atoms with Crippen LogP contribution >= 0.6 is 0 Å². The van der Waals surface area contributed by atoms with Gasteiger partial charge in [0.15, 0.2) is 11.6 Å². The minimum atomic E-state index is -0.678. The normalized spacial score (nSPS) is 40.5. The van der Waals surface area contributed by atoms with Crippen LogP contribution in [0.5, 0.6) is 0 Å². The second-order valence-electron chi connectivity index (χ2n) is 6.88. The Morgan fingerprint density at radius 2 is 1.82 bits per heavy atom. The van der Waals surface area contributed by atoms with Crippen LogP contribution in [0.25, 0.3) is 0 Å². The van der Waals surface area contributed by atoms with E-state index in [1.165, 1.54) is 0 Å². The van der Waals surface area contributed by atoms with E-state index in [1.807, 2.05) is 39.8 Å². The third-order valence-corrected chi connectivity index (χ3v) is 3.99. The fourth-order valence-corrected chi connectivity index (χ4v) is 3.05. The van der Waals surface area contributed by atoms with Gasteiger partial charge in [-0.25, -0.2) is 0 Å². The summed E-state index contributed by atoms with van der Waals surface area (Å²) in [6, 6.07) is 0. The molecule has 0 N–H and O–H groups in total. The number of esters is 1. The van der Waals surface area contributed by atoms with E-state index in [0.29, 0.717) is 19.4 Å². The van der Waals surface area contributed by atoms with Crippen LogP contribution in [0.15, 0.2) is 12.2 Å². The van der Waals surface area contributed by atoms with Gasteiger partial charge >= 0.3 is 5.97 Å². The minimum absolute atomic E-state index is 0.149. The number of rotatable bonds is 3. The molecule has 0 aromatic heterocycles. The number of carbonyl (C=O) groups is 1. The smallest absolute Gasteiger partial charge is 0.306 e. The second kappa shape index (κ2) is 5.60. The van der Waals surface area contributed by atoms with Gasteiger partial charge < -0.3 is 23.7 Å². The van der Waals surface area contributed by atoms with Crippen molar-refractivity contribution in [3.8, 4) is 0 Å². The fourth-order valence-electron chi connectivity index (χ4n) is 3.05. The molecule has 3 saturated heterocycles. The monoisotopic (exact) mass is 312 g/mol. The van der Waals surface area contributed by atoms with Gasteiger partial charge in [0.2, 0.25) is 0 Å². The van der Waals surface area contributed by atoms with E-state index in [4.69, 9.17) is 23.7 Å². The maximum Gasteiger partial charge on any atom is 0.306 e. The van der Waals surface area contributed by atoms with Gasteiger partial charge in [0.25, 0.3) is 0 Å². The quantitative estimate of drug-likeness (QED) is 0.586. The zero-order valence-electron chi connectivity index (χ0n) is 13.5. The summed E-state index contributed by atoms with van der Waals surface area (Å²) in [5, 5.41) is 0. The molecule has 3 aliphatic rings. The first-order chi connectivity index (χ1) is 10.2. The zero-order valence-corrected chi connectivity index (χ0v) is 13.5. The lowest BCUT2D eigenvalue weighted by Gasteiger charge is -2.23. The molecule has 0 aromatic rings. The molecular formula is C16H24O6. The van der Waals surface area contributed by atoms with Crippen molar-refractivity contribution in [3.63, 3.8) is 0 Å². The van der Waals surface area contributed by atoms with Crippen LogP contribution < -0.4 is 0 Å². The number of carbonyl (C=O) groups excluding carboxylic acids is 1. The zero-order chi connectivity index (χ0) is 16.0. The summed E-state index contributed by atoms with van der Waals surface area (Å²) >= 11 is 0. The van der Waals surface area contributed by atoms with Crippen molar-refractivity contribution in [1.82, 2.24) is 0 Å². The molecule has 0 aromatic carbocycles. The van der Waals surface area contributed by atoms with Gasteiger partial charge in [-0.2, -0.15) is 0 Å². The van der Waals surface area contributed by atoms with Gasteiger partial charge in [-0.05, 0) is 40.2 Å². The summed E-state index contributed by atoms with van der Waals surface area (Å²) in [7, 11) is 0. The molecule has 0 aliphatic carbocycles. The van der Waals surface area contributed by atoms with Crippen LogP contribution in [-0.2, 0) is 28.5 Å². The molecule has 1 unspecified atom stereocenters. The molecule has 6 nitrogen and oxygen atoms in total. The molecule has 3 rings (SSSR count). The average molecular weight is 312 g/mol. The SMILES string of the molecule is CC1(C)O[C@H]([C@H]2COC(C)(C)O2)[C@@H](/C=C/C2CCC(=O)O2)O1. The lowest BCUT2D eigenvalue weighted by Crippen LogP contribution is -2.37. The lowest BCUT2D eigenvalue weighted by atomic mass is 10.1. The van der Waals surface area contributed by atoms with Crippen molar-refractivity contribution in [2.45, 2.75) is 76.5 Å². The number of hydrogen-bond acceptors (Lipinski definition) is 6. The minimum Gasteiger partial charge on any atom is -0.458 e. The molecule has 3 heterocycles. The summed E-state index contributed by atoms with van der Waals surface area (Å²) in [6.45, 7) is 8.00. The molecule has 0 radical (unpaired) electrons. The standard InChI is InChI=1S/C16H24O6/c1-15(2)18-9-12(21-15)14-11(20-16(3,4)22-14)7-5-10-6-8-13(17)19-10/h5,7,10-12,14H,6,8-9H2,1-4H3/b7-5+/t10?,11-,12-,14+/m1/s1. The van der Waals surface area contributed by atoms with Crippen LogP contribution in [0.4, 0.5) is 0 Å². The first-order valence-corrected chi connectivity index (χ1v) is 7.79. The summed E-state index contributed by atoms with van der Waals surface area (Å²) in [4.78, 5) is 11.1. The average Bonchev–Trinajstić information content (AvgIpc) is 3.05. The number of ether oxygens (including phenoxy) is 5. The summed E-state index contributed by atoms with van der Waals surface area (Å²) in [5.74, 6) is -1.43. The Hall–Kier alpha value is -0.950. The Balaban J connectivity index is 1.67. The predicted molar refractivity (Wildman–Crippen MR) is 77.0 cm³/mol. The molecule has 6 heteroatoms. The molecule has 0 bridgehead atoms. The molecular weight excluding hydrogens is 288 g/mol. The highest BCUT2D eigenvalue weighted by molar-refractivity contribution is 5.71. The number of hydrogen-bond donors (Lipinski definition) is 0. The lowest BCUT2D eigenvalue weighted by molar-refractivity contribution is -0.174. The van der Waals surface area contributed by atoms with Crippen LogP contribution in [-0.4, -0.2) is 48.6 Å². The van der Waals surface area contributed by atoms with E-state index in [-0.39, 0.29) is 30.4 Å². The van der Waals surface area contributed by atoms with Gasteiger partial charge in [-0.1, -0.05) is 6.08 Å². The van der Waals surface area contributed by atoms with Crippen LogP contribution in [0.3, 0.4) is 0 Å². The highest BCUT2D eigenvalue weighted by Gasteiger charge is 2.48. The fraction of sp³-hybridized carbons (Fsp3) is 0.812. The van der Waals surface area contributed by atoms with Crippen molar-refractivity contribution in [2.24, 2.45) is 0 Å². The first-order valence-electron chi connectivity index (χ1n) is 7.79. The highest BCUT2D eigenvalue weighted by Crippen LogP contribution is 2.36. The Bertz CT molecular complexity index is 469. The van der Waals surface area contributed by atoms with E-state index in [9.17, 15) is 4.79 Å². The first kappa shape index (κ1) is 15.9. The Morgan fingerprint density at radius 3 is 2.41 bits per heavy atom. The van der Waals surface area contributed by atoms with Gasteiger partial charge in [-0.15, -0.1) is 0 Å². The van der Waals surface area contributed by atoms with Crippen molar-refractivity contribution in [3.05, 3.63) is 12.2 Å². The third-order valence-electron chi connectivity index (χ3n) is 3.99. The molecule has 0 saturated carbocycles. The van der Waals surface area contributed by atoms with E-state index in [0.717, 1.165) is 0 Å². The maximum absolute atomic E-state index is 11.1. The third kappa shape index (κ3) is 3.51. The van der Waals surface area contributed by atoms with E-state index >= 15 is 0 Å². The Morgan fingerprint density at radius 1 is 1.05 bits per heavy atom. The predicted octanol–water partition coefficient (Wildman–Crippen LogP) is 1.92. The molecule has 124 valence electrons. The molecule has 4 atom stereocenters. The topological polar surface area (TPSA) is 63.2 Å². The van der Waals surface area contributed by atoms with Gasteiger partial charge in [0.1, 0.15) is 24.4 Å². The van der Waals surface area contributed by atoms with Crippen molar-refractivity contribution >= 4 is 5.97 Å². The van der Waals surface area contributed by atoms with Crippen LogP contribution in [0.1, 0.15) is 40.5 Å². The van der Waals surface area contributed by atoms with E-state index < -0.39 is 11.6 Å². The van der Waals surface area contributed by atoms with Crippen LogP contribution in [0, 0.1) is 0 Å². The molecule has 0 amide bonds. The van der Waals surface area contributed by atoms with E-state index in [2.05, 4.69) is 0 Å². The highest BCUT2D eigenvalue weighted by atomic mass is 16.8. The molecule has 3 aliphatic heterocycles. The molecule has 0 spiro atoms. The maximum atomic E-state index is 11.1. The van der Waals surface area contributed by atoms with Crippen molar-refractivity contribution < 1.29 is 28.5 Å². The van der Waals surface area contributed by atoms with Crippen molar-refractivity contribution in [2.75, 3.05) is 6.61 Å². The van der Waals surface area contributed by atoms with Crippen molar-refractivity contribution in [1.29, 1.82) is 0 Å². The molecule has 3 fully saturated rings. The Kier molecular flexibility index (Phi) is 4.05. The van der Waals surface area contributed by atoms with Gasteiger partial charge in [0, 0.05) is 6.42 Å². The second-order valence-corrected chi connectivity index (χ2v) is 6.88. The molecule has 22 heavy (non-hydrogen) atoms. The summed E-state index contributed by atoms with van der Waals surface area (Å²) < 4.78 is 28.6. The summed E-state index contributed by atoms with van der Waals surface area (Å²) in [6.07, 6.45) is 4.13.